The number of rotatable bonds is 5. The fourth-order valence-corrected chi connectivity index (χ4v) is 4.37. The van der Waals surface area contributed by atoms with E-state index in [0.29, 0.717) is 37.6 Å². The third-order valence-electron chi connectivity index (χ3n) is 5.87. The van der Waals surface area contributed by atoms with Crippen molar-refractivity contribution in [3.05, 3.63) is 65.8 Å². The quantitative estimate of drug-likeness (QED) is 0.342. The Labute approximate surface area is 200 Å². The molecule has 0 radical (unpaired) electrons. The van der Waals surface area contributed by atoms with Gasteiger partial charge in [0.25, 0.3) is 11.8 Å². The molecular formula is C24H22N4O5S. The molecule has 0 bridgehead atoms. The van der Waals surface area contributed by atoms with Crippen molar-refractivity contribution in [2.45, 2.75) is 13.1 Å². The largest absolute Gasteiger partial charge is 0.467 e. The Morgan fingerprint density at radius 3 is 2.68 bits per heavy atom. The Bertz CT molecular complexity index is 1300. The van der Waals surface area contributed by atoms with Gasteiger partial charge in [0, 0.05) is 35.8 Å². The molecule has 4 heterocycles. The van der Waals surface area contributed by atoms with Crippen LogP contribution in [0.15, 0.2) is 58.8 Å². The number of ether oxygens (including phenoxy) is 1. The first-order chi connectivity index (χ1) is 16.5. The number of nitrogens with zero attached hydrogens (tertiary/aromatic N) is 3. The molecule has 1 aromatic carbocycles. The molecule has 0 atom stereocenters. The van der Waals surface area contributed by atoms with E-state index in [0.717, 1.165) is 10.9 Å². The van der Waals surface area contributed by atoms with E-state index in [1.807, 2.05) is 28.8 Å². The summed E-state index contributed by atoms with van der Waals surface area (Å²) in [6.45, 7) is 2.45. The van der Waals surface area contributed by atoms with Gasteiger partial charge in [0.1, 0.15) is 17.9 Å². The lowest BCUT2D eigenvalue weighted by Gasteiger charge is -2.28. The van der Waals surface area contributed by atoms with Crippen molar-refractivity contribution in [3.63, 3.8) is 0 Å². The lowest BCUT2D eigenvalue weighted by molar-refractivity contribution is -0.136. The minimum atomic E-state index is -0.563. The normalized spacial score (nSPS) is 18.1. The number of para-hydroxylation sites is 1. The fraction of sp³-hybridized carbons (Fsp3) is 0.250. The van der Waals surface area contributed by atoms with Crippen LogP contribution in [0.3, 0.4) is 0 Å². The molecule has 0 spiro atoms. The smallest absolute Gasteiger partial charge is 0.266 e. The zero-order valence-electron chi connectivity index (χ0n) is 18.2. The average molecular weight is 479 g/mol. The van der Waals surface area contributed by atoms with E-state index in [9.17, 15) is 14.4 Å². The molecule has 0 saturated carbocycles. The zero-order valence-corrected chi connectivity index (χ0v) is 19.0. The second-order valence-electron chi connectivity index (χ2n) is 8.01. The van der Waals surface area contributed by atoms with E-state index in [1.54, 1.807) is 29.3 Å². The molecule has 2 aliphatic heterocycles. The van der Waals surface area contributed by atoms with Crippen molar-refractivity contribution in [2.24, 2.45) is 0 Å². The Morgan fingerprint density at radius 1 is 1.12 bits per heavy atom. The molecule has 2 aromatic heterocycles. The molecule has 10 heteroatoms. The molecule has 3 amide bonds. The highest BCUT2D eigenvalue weighted by molar-refractivity contribution is 7.80. The summed E-state index contributed by atoms with van der Waals surface area (Å²) in [5.41, 5.74) is 1.46. The van der Waals surface area contributed by atoms with Gasteiger partial charge in [-0.15, -0.1) is 0 Å². The minimum Gasteiger partial charge on any atom is -0.467 e. The van der Waals surface area contributed by atoms with Crippen molar-refractivity contribution in [2.75, 3.05) is 26.3 Å². The van der Waals surface area contributed by atoms with Crippen molar-refractivity contribution in [1.29, 1.82) is 0 Å². The standard InChI is InChI=1S/C24H22N4O5S/c29-21(26-7-10-32-11-8-26)15-27-13-16(18-5-1-2-6-20(18)27)12-19-22(30)25-24(34)28(23(19)31)14-17-4-3-9-33-17/h1-6,9,12-13H,7-8,10-11,14-15H2,(H,25,30,34)/b19-12-. The van der Waals surface area contributed by atoms with Crippen LogP contribution in [-0.4, -0.2) is 63.5 Å². The molecule has 174 valence electrons. The molecule has 2 aliphatic rings. The Hall–Kier alpha value is -3.76. The van der Waals surface area contributed by atoms with E-state index in [-0.39, 0.29) is 29.7 Å². The number of aromatic nitrogens is 1. The maximum atomic E-state index is 13.2. The number of hydrogen-bond acceptors (Lipinski definition) is 6. The third kappa shape index (κ3) is 4.25. The van der Waals surface area contributed by atoms with Gasteiger partial charge in [-0.1, -0.05) is 18.2 Å². The maximum absolute atomic E-state index is 13.2. The number of thiocarbonyl (C=S) groups is 1. The Balaban J connectivity index is 1.46. The SMILES string of the molecule is O=C1NC(=S)N(Cc2ccco2)C(=O)/C1=C\c1cn(CC(=O)N2CCOCC2)c2ccccc12. The minimum absolute atomic E-state index is 0.00952. The highest BCUT2D eigenvalue weighted by Crippen LogP contribution is 2.25. The number of nitrogens with one attached hydrogen (secondary N) is 1. The second-order valence-corrected chi connectivity index (χ2v) is 8.40. The first-order valence-electron chi connectivity index (χ1n) is 10.9. The first-order valence-corrected chi connectivity index (χ1v) is 11.3. The van der Waals surface area contributed by atoms with Crippen LogP contribution in [-0.2, 0) is 32.2 Å². The molecule has 2 saturated heterocycles. The summed E-state index contributed by atoms with van der Waals surface area (Å²) in [6.07, 6.45) is 4.85. The van der Waals surface area contributed by atoms with Crippen LogP contribution in [0.25, 0.3) is 17.0 Å². The van der Waals surface area contributed by atoms with E-state index in [2.05, 4.69) is 5.32 Å². The van der Waals surface area contributed by atoms with Crippen LogP contribution < -0.4 is 5.32 Å². The summed E-state index contributed by atoms with van der Waals surface area (Å²) in [7, 11) is 0. The molecule has 5 rings (SSSR count). The Morgan fingerprint density at radius 2 is 1.91 bits per heavy atom. The lowest BCUT2D eigenvalue weighted by atomic mass is 10.1. The number of fused-ring (bicyclic) bond motifs is 1. The van der Waals surface area contributed by atoms with E-state index in [4.69, 9.17) is 21.4 Å². The topological polar surface area (TPSA) is 97.0 Å². The molecular weight excluding hydrogens is 456 g/mol. The highest BCUT2D eigenvalue weighted by atomic mass is 32.1. The van der Waals surface area contributed by atoms with Crippen molar-refractivity contribution < 1.29 is 23.5 Å². The predicted octanol–water partition coefficient (Wildman–Crippen LogP) is 1.92. The van der Waals surface area contributed by atoms with Crippen molar-refractivity contribution >= 4 is 52.0 Å². The van der Waals surface area contributed by atoms with Crippen LogP contribution >= 0.6 is 12.2 Å². The molecule has 1 N–H and O–H groups in total. The lowest BCUT2D eigenvalue weighted by Crippen LogP contribution is -2.53. The van der Waals surface area contributed by atoms with E-state index < -0.39 is 11.8 Å². The van der Waals surface area contributed by atoms with Crippen molar-refractivity contribution in [3.8, 4) is 0 Å². The van der Waals surface area contributed by atoms with Crippen molar-refractivity contribution in [1.82, 2.24) is 19.7 Å². The summed E-state index contributed by atoms with van der Waals surface area (Å²) in [5.74, 6) is -0.535. The monoisotopic (exact) mass is 478 g/mol. The number of carbonyl (C=O) groups excluding carboxylic acids is 3. The van der Waals surface area contributed by atoms with E-state index >= 15 is 0 Å². The van der Waals surface area contributed by atoms with Gasteiger partial charge in [-0.3, -0.25) is 24.6 Å². The number of amides is 3. The molecule has 0 unspecified atom stereocenters. The van der Waals surface area contributed by atoms with Crippen LogP contribution in [0, 0.1) is 0 Å². The summed E-state index contributed by atoms with van der Waals surface area (Å²) >= 11 is 5.21. The summed E-state index contributed by atoms with van der Waals surface area (Å²) in [4.78, 5) is 41.8. The second kappa shape index (κ2) is 9.24. The summed E-state index contributed by atoms with van der Waals surface area (Å²) < 4.78 is 12.5. The molecule has 9 nitrogen and oxygen atoms in total. The third-order valence-corrected chi connectivity index (χ3v) is 6.19. The summed E-state index contributed by atoms with van der Waals surface area (Å²) in [6, 6.07) is 11.0. The Kier molecular flexibility index (Phi) is 5.99. The van der Waals surface area contributed by atoms with Gasteiger partial charge in [-0.2, -0.15) is 0 Å². The number of morpholine rings is 1. The maximum Gasteiger partial charge on any atom is 0.266 e. The molecule has 34 heavy (non-hydrogen) atoms. The molecule has 3 aromatic rings. The van der Waals surface area contributed by atoms with Gasteiger partial charge in [-0.05, 0) is 36.5 Å². The zero-order chi connectivity index (χ0) is 23.7. The van der Waals surface area contributed by atoms with Crippen LogP contribution in [0.1, 0.15) is 11.3 Å². The number of furan rings is 1. The fourth-order valence-electron chi connectivity index (χ4n) is 4.13. The van der Waals surface area contributed by atoms with Gasteiger partial charge < -0.3 is 18.6 Å². The number of benzene rings is 1. The number of carbonyl (C=O) groups is 3. The first kappa shape index (κ1) is 22.1. The van der Waals surface area contributed by atoms with Gasteiger partial charge in [-0.25, -0.2) is 0 Å². The predicted molar refractivity (Wildman–Crippen MR) is 127 cm³/mol. The van der Waals surface area contributed by atoms with E-state index in [1.165, 1.54) is 11.2 Å². The average Bonchev–Trinajstić information content (AvgIpc) is 3.48. The highest BCUT2D eigenvalue weighted by Gasteiger charge is 2.34. The molecule has 2 fully saturated rings. The van der Waals surface area contributed by atoms with Gasteiger partial charge in [0.05, 0.1) is 26.0 Å². The summed E-state index contributed by atoms with van der Waals surface area (Å²) in [5, 5.41) is 3.44. The van der Waals surface area contributed by atoms with Crippen LogP contribution in [0.4, 0.5) is 0 Å². The molecule has 0 aliphatic carbocycles. The van der Waals surface area contributed by atoms with Gasteiger partial charge in [0.15, 0.2) is 5.11 Å². The van der Waals surface area contributed by atoms with Crippen LogP contribution in [0.2, 0.25) is 0 Å². The van der Waals surface area contributed by atoms with Crippen LogP contribution in [0.5, 0.6) is 0 Å². The number of hydrogen-bond donors (Lipinski definition) is 1. The van der Waals surface area contributed by atoms with Gasteiger partial charge in [0.2, 0.25) is 5.91 Å². The van der Waals surface area contributed by atoms with Gasteiger partial charge >= 0.3 is 0 Å².